The normalized spacial score (nSPS) is 15.2. The van der Waals surface area contributed by atoms with Gasteiger partial charge in [-0.05, 0) is 68.0 Å². The van der Waals surface area contributed by atoms with Crippen LogP contribution in [0.2, 0.25) is 5.02 Å². The summed E-state index contributed by atoms with van der Waals surface area (Å²) in [5.41, 5.74) is 2.84. The van der Waals surface area contributed by atoms with Crippen LogP contribution in [0.4, 0.5) is 16.2 Å². The van der Waals surface area contributed by atoms with Gasteiger partial charge in [-0.3, -0.25) is 25.0 Å². The van der Waals surface area contributed by atoms with Gasteiger partial charge < -0.3 is 4.57 Å². The summed E-state index contributed by atoms with van der Waals surface area (Å²) in [6.07, 6.45) is 1.43. The number of rotatable bonds is 4. The van der Waals surface area contributed by atoms with E-state index in [9.17, 15) is 24.5 Å². The lowest BCUT2D eigenvalue weighted by Gasteiger charge is -2.26. The molecule has 1 aromatic heterocycles. The van der Waals surface area contributed by atoms with Gasteiger partial charge in [0, 0.05) is 34.2 Å². The third-order valence-electron chi connectivity index (χ3n) is 5.28. The molecule has 1 aliphatic heterocycles. The number of nitrogens with one attached hydrogen (secondary N) is 1. The largest absolute Gasteiger partial charge is 0.335 e. The molecule has 3 aromatic rings. The Balaban J connectivity index is 1.73. The summed E-state index contributed by atoms with van der Waals surface area (Å²) in [5, 5.41) is 13.6. The minimum atomic E-state index is -0.846. The number of anilines is 1. The number of hydrogen-bond donors (Lipinski definition) is 1. The average Bonchev–Trinajstić information content (AvgIpc) is 3.05. The maximum atomic E-state index is 13.1. The number of benzene rings is 2. The van der Waals surface area contributed by atoms with Crippen molar-refractivity contribution in [2.24, 2.45) is 0 Å². The molecule has 2 heterocycles. The van der Waals surface area contributed by atoms with Crippen molar-refractivity contribution in [3.05, 3.63) is 92.3 Å². The van der Waals surface area contributed by atoms with E-state index >= 15 is 0 Å². The van der Waals surface area contributed by atoms with Gasteiger partial charge in [-0.15, -0.1) is 0 Å². The van der Waals surface area contributed by atoms with Crippen LogP contribution < -0.4 is 10.2 Å². The van der Waals surface area contributed by atoms with Gasteiger partial charge in [0.1, 0.15) is 5.57 Å². The summed E-state index contributed by atoms with van der Waals surface area (Å²) >= 11 is 5.89. The summed E-state index contributed by atoms with van der Waals surface area (Å²) < 4.78 is 1.85. The Labute approximate surface area is 193 Å². The van der Waals surface area contributed by atoms with Crippen LogP contribution in [-0.4, -0.2) is 27.3 Å². The van der Waals surface area contributed by atoms with Crippen LogP contribution in [0.5, 0.6) is 0 Å². The predicted molar refractivity (Wildman–Crippen MR) is 122 cm³/mol. The van der Waals surface area contributed by atoms with Crippen LogP contribution in [-0.2, 0) is 9.59 Å². The average molecular weight is 465 g/mol. The summed E-state index contributed by atoms with van der Waals surface area (Å²) in [4.78, 5) is 49.2. The molecule has 166 valence electrons. The Bertz CT molecular complexity index is 1340. The molecule has 2 aromatic carbocycles. The van der Waals surface area contributed by atoms with Crippen molar-refractivity contribution in [3.8, 4) is 5.69 Å². The van der Waals surface area contributed by atoms with Crippen LogP contribution in [0.15, 0.2) is 60.2 Å². The lowest BCUT2D eigenvalue weighted by molar-refractivity contribution is -0.384. The molecule has 0 saturated carbocycles. The van der Waals surface area contributed by atoms with Gasteiger partial charge in [-0.25, -0.2) is 9.69 Å². The third-order valence-corrected chi connectivity index (χ3v) is 5.53. The zero-order valence-electron chi connectivity index (χ0n) is 17.5. The number of halogens is 1. The Morgan fingerprint density at radius 2 is 1.58 bits per heavy atom. The molecular weight excluding hydrogens is 448 g/mol. The fourth-order valence-corrected chi connectivity index (χ4v) is 3.82. The van der Waals surface area contributed by atoms with Crippen LogP contribution in [0, 0.1) is 24.0 Å². The summed E-state index contributed by atoms with van der Waals surface area (Å²) in [7, 11) is 0. The van der Waals surface area contributed by atoms with Crippen LogP contribution in [0.25, 0.3) is 11.8 Å². The lowest BCUT2D eigenvalue weighted by Crippen LogP contribution is -2.54. The zero-order valence-corrected chi connectivity index (χ0v) is 18.3. The van der Waals surface area contributed by atoms with Gasteiger partial charge in [0.25, 0.3) is 17.5 Å². The first-order valence-electron chi connectivity index (χ1n) is 9.78. The second kappa shape index (κ2) is 8.36. The van der Waals surface area contributed by atoms with Gasteiger partial charge in [0.15, 0.2) is 0 Å². The van der Waals surface area contributed by atoms with Crippen molar-refractivity contribution >= 4 is 46.9 Å². The fourth-order valence-electron chi connectivity index (χ4n) is 3.69. The fraction of sp³-hybridized carbons (Fsp3) is 0.0870. The molecule has 1 aliphatic rings. The van der Waals surface area contributed by atoms with Crippen molar-refractivity contribution in [2.75, 3.05) is 4.90 Å². The number of non-ortho nitro benzene ring substituents is 1. The van der Waals surface area contributed by atoms with E-state index in [1.165, 1.54) is 42.5 Å². The maximum absolute atomic E-state index is 13.1. The van der Waals surface area contributed by atoms with E-state index in [1.807, 2.05) is 11.5 Å². The molecule has 33 heavy (non-hydrogen) atoms. The van der Waals surface area contributed by atoms with E-state index in [1.54, 1.807) is 25.1 Å². The van der Waals surface area contributed by atoms with Gasteiger partial charge in [-0.1, -0.05) is 11.6 Å². The van der Waals surface area contributed by atoms with E-state index in [0.29, 0.717) is 22.0 Å². The second-order valence-electron chi connectivity index (χ2n) is 7.37. The number of hydrogen-bond acceptors (Lipinski definition) is 5. The minimum Gasteiger partial charge on any atom is -0.318 e. The summed E-state index contributed by atoms with van der Waals surface area (Å²) in [6.45, 7) is 3.64. The Morgan fingerprint density at radius 3 is 2.18 bits per heavy atom. The van der Waals surface area contributed by atoms with Crippen molar-refractivity contribution in [3.63, 3.8) is 0 Å². The first-order valence-corrected chi connectivity index (χ1v) is 10.2. The molecule has 0 aliphatic carbocycles. The van der Waals surface area contributed by atoms with Crippen LogP contribution >= 0.6 is 11.6 Å². The number of nitro benzene ring substituents is 1. The number of imide groups is 2. The molecule has 1 saturated heterocycles. The highest BCUT2D eigenvalue weighted by atomic mass is 35.5. The van der Waals surface area contributed by atoms with Crippen LogP contribution in [0.3, 0.4) is 0 Å². The first-order chi connectivity index (χ1) is 15.7. The van der Waals surface area contributed by atoms with E-state index in [4.69, 9.17) is 11.6 Å². The molecular formula is C23H17ClN4O5. The Morgan fingerprint density at radius 1 is 0.970 bits per heavy atom. The highest BCUT2D eigenvalue weighted by Gasteiger charge is 2.37. The standard InChI is InChI=1S/C23H17ClN4O5/c1-13-11-15(14(2)26(13)17-7-9-19(10-8-17)28(32)33)12-20-21(29)25-23(31)27(22(20)30)18-5-3-16(24)4-6-18/h3-12H,1-2H3,(H,25,29,31). The number of aryl methyl sites for hydroxylation is 1. The Hall–Kier alpha value is -4.24. The number of carbonyl (C=O) groups excluding carboxylic acids is 3. The van der Waals surface area contributed by atoms with Gasteiger partial charge in [0.05, 0.1) is 10.6 Å². The van der Waals surface area contributed by atoms with Crippen molar-refractivity contribution in [1.82, 2.24) is 9.88 Å². The van der Waals surface area contributed by atoms with Crippen molar-refractivity contribution in [1.29, 1.82) is 0 Å². The van der Waals surface area contributed by atoms with Crippen LogP contribution in [0.1, 0.15) is 17.0 Å². The predicted octanol–water partition coefficient (Wildman–Crippen LogP) is 4.32. The molecule has 10 heteroatoms. The quantitative estimate of drug-likeness (QED) is 0.267. The molecule has 4 rings (SSSR count). The van der Waals surface area contributed by atoms with E-state index < -0.39 is 22.8 Å². The molecule has 0 bridgehead atoms. The van der Waals surface area contributed by atoms with Gasteiger partial charge in [-0.2, -0.15) is 0 Å². The number of nitrogens with zero attached hydrogens (tertiary/aromatic N) is 3. The molecule has 0 spiro atoms. The molecule has 1 N–H and O–H groups in total. The number of carbonyl (C=O) groups is 3. The molecule has 4 amide bonds. The number of barbiturate groups is 1. The summed E-state index contributed by atoms with van der Waals surface area (Å²) in [5.74, 6) is -1.55. The second-order valence-corrected chi connectivity index (χ2v) is 7.81. The van der Waals surface area contributed by atoms with E-state index in [0.717, 1.165) is 10.6 Å². The molecule has 0 radical (unpaired) electrons. The number of amides is 4. The number of nitro groups is 1. The summed E-state index contributed by atoms with van der Waals surface area (Å²) in [6, 6.07) is 13.1. The highest BCUT2D eigenvalue weighted by Crippen LogP contribution is 2.27. The van der Waals surface area contributed by atoms with Crippen molar-refractivity contribution < 1.29 is 19.3 Å². The smallest absolute Gasteiger partial charge is 0.318 e. The van der Waals surface area contributed by atoms with E-state index in [2.05, 4.69) is 5.32 Å². The molecule has 1 fully saturated rings. The molecule has 0 unspecified atom stereocenters. The monoisotopic (exact) mass is 464 g/mol. The zero-order chi connectivity index (χ0) is 23.9. The SMILES string of the molecule is Cc1cc(C=C2C(=O)NC(=O)N(c3ccc(Cl)cc3)C2=O)c(C)n1-c1ccc([N+](=O)[O-])cc1. The molecule has 9 nitrogen and oxygen atoms in total. The molecule has 0 atom stereocenters. The number of urea groups is 1. The Kier molecular flexibility index (Phi) is 5.57. The third kappa shape index (κ3) is 4.01. The van der Waals surface area contributed by atoms with Crippen molar-refractivity contribution in [2.45, 2.75) is 13.8 Å². The lowest BCUT2D eigenvalue weighted by atomic mass is 10.1. The highest BCUT2D eigenvalue weighted by molar-refractivity contribution is 6.39. The topological polar surface area (TPSA) is 115 Å². The van der Waals surface area contributed by atoms with Gasteiger partial charge in [0.2, 0.25) is 0 Å². The number of aromatic nitrogens is 1. The van der Waals surface area contributed by atoms with Gasteiger partial charge >= 0.3 is 6.03 Å². The van der Waals surface area contributed by atoms with E-state index in [-0.39, 0.29) is 16.9 Å². The minimum absolute atomic E-state index is 0.0278. The maximum Gasteiger partial charge on any atom is 0.335 e. The first kappa shape index (κ1) is 22.0.